The Bertz CT molecular complexity index is 676. The van der Waals surface area contributed by atoms with Gasteiger partial charge in [-0.2, -0.15) is 0 Å². The number of fused-ring (bicyclic) bond motifs is 2. The molecule has 1 aromatic carbocycles. The zero-order valence-corrected chi connectivity index (χ0v) is 16.7. The first-order valence-corrected chi connectivity index (χ1v) is 9.95. The first kappa shape index (κ1) is 19.2. The Labute approximate surface area is 161 Å². The van der Waals surface area contributed by atoms with E-state index in [1.54, 1.807) is 0 Å². The fourth-order valence-corrected chi connectivity index (χ4v) is 5.28. The molecule has 1 N–H and O–H groups in total. The number of carbonyl (C=O) groups is 2. The molecular weight excluding hydrogens is 348 g/mol. The second-order valence-corrected chi connectivity index (χ2v) is 9.39. The van der Waals surface area contributed by atoms with Crippen LogP contribution in [0.2, 0.25) is 0 Å². The van der Waals surface area contributed by atoms with E-state index in [1.165, 1.54) is 0 Å². The molecule has 0 radical (unpaired) electrons. The van der Waals surface area contributed by atoms with Crippen molar-refractivity contribution in [1.82, 2.24) is 10.2 Å². The van der Waals surface area contributed by atoms with Crippen molar-refractivity contribution >= 4 is 23.4 Å². The smallest absolute Gasteiger partial charge is 0.245 e. The molecule has 0 spiro atoms. The van der Waals surface area contributed by atoms with Crippen LogP contribution in [-0.4, -0.2) is 41.2 Å². The van der Waals surface area contributed by atoms with Gasteiger partial charge in [0.05, 0.1) is 0 Å². The van der Waals surface area contributed by atoms with Crippen LogP contribution in [0.1, 0.15) is 45.6 Å². The molecule has 2 aliphatic rings. The van der Waals surface area contributed by atoms with Crippen molar-refractivity contribution < 1.29 is 9.59 Å². The number of hydrogen-bond donors (Lipinski definition) is 1. The number of hydrogen-bond acceptors (Lipinski definition) is 2. The molecule has 4 nitrogen and oxygen atoms in total. The number of rotatable bonds is 5. The Kier molecular flexibility index (Phi) is 5.34. The largest absolute Gasteiger partial charge is 0.343 e. The van der Waals surface area contributed by atoms with Gasteiger partial charge in [-0.15, -0.1) is 11.6 Å². The molecule has 1 saturated heterocycles. The third-order valence-corrected chi connectivity index (χ3v) is 5.98. The van der Waals surface area contributed by atoms with Crippen LogP contribution >= 0.6 is 11.6 Å². The summed E-state index contributed by atoms with van der Waals surface area (Å²) in [6, 6.07) is 9.53. The number of halogens is 1. The summed E-state index contributed by atoms with van der Waals surface area (Å²) in [4.78, 5) is 27.3. The average Bonchev–Trinajstić information content (AvgIpc) is 2.83. The van der Waals surface area contributed by atoms with E-state index in [0.29, 0.717) is 6.42 Å². The summed E-state index contributed by atoms with van der Waals surface area (Å²) >= 11 is 5.68. The van der Waals surface area contributed by atoms with Gasteiger partial charge in [0.1, 0.15) is 11.9 Å². The van der Waals surface area contributed by atoms with Crippen LogP contribution in [0, 0.1) is 10.8 Å². The van der Waals surface area contributed by atoms with E-state index in [4.69, 9.17) is 11.6 Å². The first-order chi connectivity index (χ1) is 12.2. The van der Waals surface area contributed by atoms with Crippen molar-refractivity contribution in [3.63, 3.8) is 0 Å². The number of amides is 2. The SMILES string of the molecule is CC1(C)CC2CC(C)(CN2C(=O)C(Cc2ccccc2)NC(=O)CCl)C1. The molecule has 2 amide bonds. The molecule has 3 unspecified atom stereocenters. The van der Waals surface area contributed by atoms with Crippen LogP contribution < -0.4 is 5.32 Å². The zero-order valence-electron chi connectivity index (χ0n) is 15.9. The van der Waals surface area contributed by atoms with Gasteiger partial charge in [-0.3, -0.25) is 9.59 Å². The molecule has 142 valence electrons. The lowest BCUT2D eigenvalue weighted by Crippen LogP contribution is -2.51. The van der Waals surface area contributed by atoms with Crippen molar-refractivity contribution in [2.75, 3.05) is 12.4 Å². The second-order valence-electron chi connectivity index (χ2n) is 9.12. The summed E-state index contributed by atoms with van der Waals surface area (Å²) in [5, 5.41) is 2.84. The molecule has 2 fully saturated rings. The molecule has 26 heavy (non-hydrogen) atoms. The minimum Gasteiger partial charge on any atom is -0.343 e. The van der Waals surface area contributed by atoms with Crippen LogP contribution in [0.15, 0.2) is 30.3 Å². The Balaban J connectivity index is 1.80. The molecule has 1 aliphatic carbocycles. The predicted molar refractivity (Wildman–Crippen MR) is 104 cm³/mol. The summed E-state index contributed by atoms with van der Waals surface area (Å²) in [5.41, 5.74) is 1.46. The molecule has 1 aliphatic heterocycles. The van der Waals surface area contributed by atoms with Crippen molar-refractivity contribution in [2.45, 2.75) is 58.5 Å². The third kappa shape index (κ3) is 4.22. The maximum Gasteiger partial charge on any atom is 0.245 e. The lowest BCUT2D eigenvalue weighted by Gasteiger charge is -2.39. The van der Waals surface area contributed by atoms with E-state index in [0.717, 1.165) is 31.4 Å². The van der Waals surface area contributed by atoms with Gasteiger partial charge in [0.2, 0.25) is 11.8 Å². The highest BCUT2D eigenvalue weighted by atomic mass is 35.5. The lowest BCUT2D eigenvalue weighted by molar-refractivity contribution is -0.137. The van der Waals surface area contributed by atoms with E-state index < -0.39 is 6.04 Å². The van der Waals surface area contributed by atoms with E-state index >= 15 is 0 Å². The number of carbonyl (C=O) groups excluding carboxylic acids is 2. The van der Waals surface area contributed by atoms with Gasteiger partial charge in [-0.1, -0.05) is 51.1 Å². The van der Waals surface area contributed by atoms with Gasteiger partial charge < -0.3 is 10.2 Å². The number of alkyl halides is 1. The predicted octanol–water partition coefficient (Wildman–Crippen LogP) is 3.38. The van der Waals surface area contributed by atoms with E-state index in [2.05, 4.69) is 26.1 Å². The maximum absolute atomic E-state index is 13.4. The van der Waals surface area contributed by atoms with Gasteiger partial charge in [0.15, 0.2) is 0 Å². The van der Waals surface area contributed by atoms with E-state index in [9.17, 15) is 9.59 Å². The fourth-order valence-electron chi connectivity index (χ4n) is 5.20. The molecule has 2 bridgehead atoms. The summed E-state index contributed by atoms with van der Waals surface area (Å²) in [5.74, 6) is -0.402. The van der Waals surface area contributed by atoms with E-state index in [1.807, 2.05) is 35.2 Å². The summed E-state index contributed by atoms with van der Waals surface area (Å²) in [7, 11) is 0. The highest BCUT2D eigenvalue weighted by molar-refractivity contribution is 6.27. The quantitative estimate of drug-likeness (QED) is 0.801. The van der Waals surface area contributed by atoms with Gasteiger partial charge in [0.25, 0.3) is 0 Å². The first-order valence-electron chi connectivity index (χ1n) is 9.41. The second kappa shape index (κ2) is 7.22. The van der Waals surface area contributed by atoms with Gasteiger partial charge >= 0.3 is 0 Å². The summed E-state index contributed by atoms with van der Waals surface area (Å²) < 4.78 is 0. The van der Waals surface area contributed by atoms with Crippen LogP contribution in [0.3, 0.4) is 0 Å². The molecule has 5 heteroatoms. The molecule has 1 aromatic rings. The number of likely N-dealkylation sites (tertiary alicyclic amines) is 1. The highest BCUT2D eigenvalue weighted by Crippen LogP contribution is 2.52. The molecule has 3 rings (SSSR count). The summed E-state index contributed by atoms with van der Waals surface area (Å²) in [6.07, 6.45) is 3.71. The van der Waals surface area contributed by atoms with E-state index in [-0.39, 0.29) is 34.6 Å². The Morgan fingerprint density at radius 2 is 1.92 bits per heavy atom. The highest BCUT2D eigenvalue weighted by Gasteiger charge is 2.51. The van der Waals surface area contributed by atoms with Gasteiger partial charge in [-0.25, -0.2) is 0 Å². The minimum absolute atomic E-state index is 0.0266. The van der Waals surface area contributed by atoms with Crippen LogP contribution in [-0.2, 0) is 16.0 Å². The van der Waals surface area contributed by atoms with Crippen LogP contribution in [0.4, 0.5) is 0 Å². The zero-order chi connectivity index (χ0) is 18.9. The van der Waals surface area contributed by atoms with Crippen molar-refractivity contribution in [3.05, 3.63) is 35.9 Å². The molecular formula is C21H29ClN2O2. The minimum atomic E-state index is -0.560. The molecule has 3 atom stereocenters. The van der Waals surface area contributed by atoms with Gasteiger partial charge in [-0.05, 0) is 35.7 Å². The normalized spacial score (nSPS) is 27.8. The number of nitrogens with zero attached hydrogens (tertiary/aromatic N) is 1. The molecule has 0 aromatic heterocycles. The number of nitrogens with one attached hydrogen (secondary N) is 1. The monoisotopic (exact) mass is 376 g/mol. The molecule has 1 saturated carbocycles. The Hall–Kier alpha value is -1.55. The van der Waals surface area contributed by atoms with Crippen molar-refractivity contribution in [2.24, 2.45) is 10.8 Å². The average molecular weight is 377 g/mol. The Morgan fingerprint density at radius 3 is 2.58 bits per heavy atom. The fraction of sp³-hybridized carbons (Fsp3) is 0.619. The summed E-state index contributed by atoms with van der Waals surface area (Å²) in [6.45, 7) is 7.66. The van der Waals surface area contributed by atoms with Crippen LogP contribution in [0.25, 0.3) is 0 Å². The maximum atomic E-state index is 13.4. The lowest BCUT2D eigenvalue weighted by atomic mass is 9.65. The topological polar surface area (TPSA) is 49.4 Å². The van der Waals surface area contributed by atoms with Gasteiger partial charge in [0, 0.05) is 19.0 Å². The Morgan fingerprint density at radius 1 is 1.23 bits per heavy atom. The van der Waals surface area contributed by atoms with Crippen molar-refractivity contribution in [1.29, 1.82) is 0 Å². The standard InChI is InChI=1S/C21H29ClN2O2/c1-20(2)10-16-11-21(3,13-20)14-24(16)19(26)17(23-18(25)12-22)9-15-7-5-4-6-8-15/h4-8,16-17H,9-14H2,1-3H3,(H,23,25). The molecule has 1 heterocycles. The number of benzene rings is 1. The third-order valence-electron chi connectivity index (χ3n) is 5.74. The van der Waals surface area contributed by atoms with Crippen LogP contribution in [0.5, 0.6) is 0 Å². The van der Waals surface area contributed by atoms with Crippen molar-refractivity contribution in [3.8, 4) is 0 Å².